The zero-order valence-electron chi connectivity index (χ0n) is 14.8. The molecule has 0 heterocycles. The van der Waals surface area contributed by atoms with Gasteiger partial charge in [0.2, 0.25) is 0 Å². The lowest BCUT2D eigenvalue weighted by Crippen LogP contribution is -2.56. The van der Waals surface area contributed by atoms with E-state index in [1.165, 1.54) is 83.5 Å². The Bertz CT molecular complexity index is 295. The van der Waals surface area contributed by atoms with Crippen LogP contribution in [0.1, 0.15) is 83.5 Å². The average molecular weight is 340 g/mol. The summed E-state index contributed by atoms with van der Waals surface area (Å²) in [6.45, 7) is 1.89. The quantitative estimate of drug-likeness (QED) is 0.446. The minimum atomic E-state index is -1.45. The fourth-order valence-electron chi connectivity index (χ4n) is 4.50. The van der Waals surface area contributed by atoms with E-state index in [-0.39, 0.29) is 0 Å². The average Bonchev–Trinajstić information content (AvgIpc) is 3.26. The summed E-state index contributed by atoms with van der Waals surface area (Å²) >= 11 is 0. The van der Waals surface area contributed by atoms with Crippen LogP contribution in [0.2, 0.25) is 0 Å². The van der Waals surface area contributed by atoms with Crippen molar-refractivity contribution in [2.24, 2.45) is 0 Å². The Labute approximate surface area is 144 Å². The fraction of sp³-hybridized carbons (Fsp3) is 1.00. The zero-order valence-corrected chi connectivity index (χ0v) is 16.0. The summed E-state index contributed by atoms with van der Waals surface area (Å²) in [5.74, 6) is 0. The molecule has 0 amide bonds. The third-order valence-corrected chi connectivity index (χ3v) is 8.03. The zero-order chi connectivity index (χ0) is 15.7. The van der Waals surface area contributed by atoms with Gasteiger partial charge in [-0.3, -0.25) is 0 Å². The minimum absolute atomic E-state index is 0.715. The molecule has 0 unspecified atom stereocenters. The maximum absolute atomic E-state index is 6.31. The molecule has 3 aliphatic carbocycles. The van der Waals surface area contributed by atoms with E-state index in [2.05, 4.69) is 15.3 Å². The Morgan fingerprint density at radius 3 is 1.70 bits per heavy atom. The second-order valence-corrected chi connectivity index (χ2v) is 9.60. The fourth-order valence-corrected chi connectivity index (χ4v) is 6.67. The van der Waals surface area contributed by atoms with Crippen molar-refractivity contribution in [3.63, 3.8) is 0 Å². The largest absolute Gasteiger partial charge is 0.393 e. The van der Waals surface area contributed by atoms with E-state index in [1.807, 2.05) is 0 Å². The molecule has 23 heavy (non-hydrogen) atoms. The van der Waals surface area contributed by atoms with Crippen molar-refractivity contribution in [2.75, 3.05) is 13.2 Å². The standard InChI is InChI=1S/C18H37N3OSi/c1-2-8-16(9-3-1)19-14-15-22-23(20-17-10-4-5-11-17)21-18-12-6-7-13-18/h16-21,23H,1-15H2. The molecule has 3 N–H and O–H groups in total. The maximum atomic E-state index is 6.31. The van der Waals surface area contributed by atoms with Gasteiger partial charge in [-0.15, -0.1) is 0 Å². The van der Waals surface area contributed by atoms with Crippen LogP contribution in [0.25, 0.3) is 0 Å². The Balaban J connectivity index is 1.35. The molecule has 3 rings (SSSR count). The van der Waals surface area contributed by atoms with Gasteiger partial charge in [-0.05, 0) is 38.5 Å². The van der Waals surface area contributed by atoms with Crippen molar-refractivity contribution in [2.45, 2.75) is 102 Å². The Kier molecular flexibility index (Phi) is 7.88. The molecule has 0 aromatic heterocycles. The molecule has 0 saturated heterocycles. The highest BCUT2D eigenvalue weighted by Crippen LogP contribution is 2.20. The van der Waals surface area contributed by atoms with Gasteiger partial charge in [0, 0.05) is 31.3 Å². The molecule has 134 valence electrons. The second-order valence-electron chi connectivity index (χ2n) is 7.84. The van der Waals surface area contributed by atoms with Crippen LogP contribution in [0.3, 0.4) is 0 Å². The van der Waals surface area contributed by atoms with Gasteiger partial charge in [0.05, 0.1) is 0 Å². The van der Waals surface area contributed by atoms with Crippen molar-refractivity contribution < 1.29 is 4.43 Å². The highest BCUT2D eigenvalue weighted by atomic mass is 28.3. The van der Waals surface area contributed by atoms with Crippen molar-refractivity contribution in [3.8, 4) is 0 Å². The Morgan fingerprint density at radius 2 is 1.13 bits per heavy atom. The van der Waals surface area contributed by atoms with Gasteiger partial charge in [0.15, 0.2) is 0 Å². The number of hydrogen-bond acceptors (Lipinski definition) is 4. The van der Waals surface area contributed by atoms with Gasteiger partial charge >= 0.3 is 9.36 Å². The Hall–Kier alpha value is 0.0569. The normalized spacial score (nSPS) is 24.9. The molecule has 0 atom stereocenters. The summed E-state index contributed by atoms with van der Waals surface area (Å²) in [6, 6.07) is 2.18. The van der Waals surface area contributed by atoms with Gasteiger partial charge in [-0.2, -0.15) is 0 Å². The summed E-state index contributed by atoms with van der Waals surface area (Å²) in [5.41, 5.74) is 0. The summed E-state index contributed by atoms with van der Waals surface area (Å²) in [4.78, 5) is 7.72. The van der Waals surface area contributed by atoms with E-state index >= 15 is 0 Å². The van der Waals surface area contributed by atoms with Gasteiger partial charge in [0.25, 0.3) is 0 Å². The summed E-state index contributed by atoms with van der Waals surface area (Å²) < 4.78 is 6.31. The molecule has 3 saturated carbocycles. The first-order valence-corrected chi connectivity index (χ1v) is 11.9. The lowest BCUT2D eigenvalue weighted by Gasteiger charge is -2.26. The maximum Gasteiger partial charge on any atom is 0.335 e. The van der Waals surface area contributed by atoms with Crippen LogP contribution < -0.4 is 15.3 Å². The third kappa shape index (κ3) is 6.46. The molecule has 4 nitrogen and oxygen atoms in total. The van der Waals surface area contributed by atoms with E-state index < -0.39 is 9.36 Å². The molecule has 5 heteroatoms. The van der Waals surface area contributed by atoms with Gasteiger partial charge < -0.3 is 19.7 Å². The highest BCUT2D eigenvalue weighted by Gasteiger charge is 2.25. The van der Waals surface area contributed by atoms with Crippen molar-refractivity contribution in [1.82, 2.24) is 15.3 Å². The molecule has 3 aliphatic rings. The summed E-state index contributed by atoms with van der Waals surface area (Å²) in [6.07, 6.45) is 17.9. The Morgan fingerprint density at radius 1 is 0.652 bits per heavy atom. The SMILES string of the molecule is C1CCC(NCCO[SiH](NC2CCCC2)NC2CCCC2)CC1. The van der Waals surface area contributed by atoms with Crippen LogP contribution in [0.15, 0.2) is 0 Å². The second kappa shape index (κ2) is 10.1. The minimum Gasteiger partial charge on any atom is -0.393 e. The van der Waals surface area contributed by atoms with Crippen LogP contribution in [0.5, 0.6) is 0 Å². The van der Waals surface area contributed by atoms with E-state index in [4.69, 9.17) is 4.43 Å². The van der Waals surface area contributed by atoms with Gasteiger partial charge in [-0.25, -0.2) is 0 Å². The molecule has 0 bridgehead atoms. The first-order chi connectivity index (χ1) is 11.4. The smallest absolute Gasteiger partial charge is 0.335 e. The number of hydrogen-bond donors (Lipinski definition) is 3. The van der Waals surface area contributed by atoms with Crippen LogP contribution in [-0.2, 0) is 4.43 Å². The van der Waals surface area contributed by atoms with Gasteiger partial charge in [-0.1, -0.05) is 44.9 Å². The van der Waals surface area contributed by atoms with E-state index in [0.29, 0.717) is 12.1 Å². The van der Waals surface area contributed by atoms with Crippen molar-refractivity contribution in [1.29, 1.82) is 0 Å². The van der Waals surface area contributed by atoms with Gasteiger partial charge in [0.1, 0.15) is 0 Å². The summed E-state index contributed by atoms with van der Waals surface area (Å²) in [7, 11) is -1.45. The molecule has 0 radical (unpaired) electrons. The van der Waals surface area contributed by atoms with E-state index in [9.17, 15) is 0 Å². The predicted molar refractivity (Wildman–Crippen MR) is 98.8 cm³/mol. The van der Waals surface area contributed by atoms with E-state index in [0.717, 1.165) is 19.2 Å². The molecule has 0 aromatic rings. The molecule has 0 aromatic carbocycles. The van der Waals surface area contributed by atoms with E-state index in [1.54, 1.807) is 0 Å². The monoisotopic (exact) mass is 339 g/mol. The molecular weight excluding hydrogens is 302 g/mol. The van der Waals surface area contributed by atoms with Crippen LogP contribution >= 0.6 is 0 Å². The third-order valence-electron chi connectivity index (χ3n) is 5.91. The lowest BCUT2D eigenvalue weighted by atomic mass is 9.96. The molecular formula is C18H37N3OSi. The first kappa shape index (κ1) is 17.9. The first-order valence-electron chi connectivity index (χ1n) is 10.3. The van der Waals surface area contributed by atoms with Crippen LogP contribution in [0.4, 0.5) is 0 Å². The van der Waals surface area contributed by atoms with Crippen molar-refractivity contribution in [3.05, 3.63) is 0 Å². The molecule has 3 fully saturated rings. The summed E-state index contributed by atoms with van der Waals surface area (Å²) in [5, 5.41) is 3.71. The lowest BCUT2D eigenvalue weighted by molar-refractivity contribution is 0.271. The van der Waals surface area contributed by atoms with Crippen molar-refractivity contribution >= 4 is 9.36 Å². The van der Waals surface area contributed by atoms with Crippen LogP contribution in [0, 0.1) is 0 Å². The highest BCUT2D eigenvalue weighted by molar-refractivity contribution is 6.46. The van der Waals surface area contributed by atoms with Crippen LogP contribution in [-0.4, -0.2) is 40.6 Å². The number of nitrogens with one attached hydrogen (secondary N) is 3. The molecule has 0 spiro atoms. The number of rotatable bonds is 9. The topological polar surface area (TPSA) is 45.3 Å². The molecule has 0 aliphatic heterocycles. The predicted octanol–water partition coefficient (Wildman–Crippen LogP) is 2.71.